The number of rotatable bonds is 7. The Bertz CT molecular complexity index is 3800. The number of hydrogen-bond acceptors (Lipinski definition) is 1. The minimum absolute atomic E-state index is 0.428. The molecule has 0 saturated carbocycles. The van der Waals surface area contributed by atoms with Gasteiger partial charge in [0.05, 0.1) is 16.4 Å². The van der Waals surface area contributed by atoms with E-state index in [1.165, 1.54) is 99.7 Å². The number of fused-ring (bicyclic) bond motifs is 13. The normalized spacial score (nSPS) is 12.8. The fraction of sp³-hybridized carbons (Fsp3) is 0.0149. The zero-order valence-electron chi connectivity index (χ0n) is 37.8. The summed E-state index contributed by atoms with van der Waals surface area (Å²) in [5.41, 5.74) is 24.2. The molecule has 0 bridgehead atoms. The molecule has 0 radical (unpaired) electrons. The van der Waals surface area contributed by atoms with E-state index in [-0.39, 0.29) is 0 Å². The molecule has 14 rings (SSSR count). The van der Waals surface area contributed by atoms with E-state index in [0.717, 1.165) is 22.7 Å². The van der Waals surface area contributed by atoms with Gasteiger partial charge < -0.3 is 9.47 Å². The van der Waals surface area contributed by atoms with Gasteiger partial charge in [-0.1, -0.05) is 206 Å². The maximum Gasteiger partial charge on any atom is 0.0726 e. The van der Waals surface area contributed by atoms with Gasteiger partial charge in [-0.3, -0.25) is 0 Å². The minimum Gasteiger partial charge on any atom is -0.310 e. The summed E-state index contributed by atoms with van der Waals surface area (Å²) in [5.74, 6) is 0. The lowest BCUT2D eigenvalue weighted by molar-refractivity contribution is 0.793. The van der Waals surface area contributed by atoms with Crippen molar-refractivity contribution in [1.29, 1.82) is 0 Å². The van der Waals surface area contributed by atoms with E-state index in [0.29, 0.717) is 0 Å². The highest BCUT2D eigenvalue weighted by molar-refractivity contribution is 6.09. The van der Waals surface area contributed by atoms with Gasteiger partial charge >= 0.3 is 0 Å². The molecule has 69 heavy (non-hydrogen) atoms. The Labute approximate surface area is 402 Å². The Morgan fingerprint density at radius 1 is 0.261 bits per heavy atom. The smallest absolute Gasteiger partial charge is 0.0726 e. The van der Waals surface area contributed by atoms with Crippen molar-refractivity contribution in [2.24, 2.45) is 0 Å². The second-order valence-corrected chi connectivity index (χ2v) is 18.4. The molecule has 0 unspecified atom stereocenters. The van der Waals surface area contributed by atoms with Crippen molar-refractivity contribution in [2.75, 3.05) is 4.90 Å². The van der Waals surface area contributed by atoms with Crippen molar-refractivity contribution < 1.29 is 0 Å². The van der Waals surface area contributed by atoms with Gasteiger partial charge in [0.25, 0.3) is 0 Å². The highest BCUT2D eigenvalue weighted by Gasteiger charge is 2.51. The molecule has 322 valence electrons. The van der Waals surface area contributed by atoms with Crippen LogP contribution in [0.1, 0.15) is 22.3 Å². The molecule has 11 aromatic carbocycles. The lowest BCUT2D eigenvalue weighted by Gasteiger charge is -2.32. The molecule has 0 atom stereocenters. The first kappa shape index (κ1) is 39.2. The summed E-state index contributed by atoms with van der Waals surface area (Å²) >= 11 is 0. The van der Waals surface area contributed by atoms with E-state index in [1.54, 1.807) is 0 Å². The minimum atomic E-state index is -0.428. The van der Waals surface area contributed by atoms with Crippen LogP contribution in [-0.4, -0.2) is 4.57 Å². The van der Waals surface area contributed by atoms with Gasteiger partial charge in [0.15, 0.2) is 0 Å². The molecular weight excluding hydrogens is 833 g/mol. The van der Waals surface area contributed by atoms with Crippen LogP contribution in [0.3, 0.4) is 0 Å². The molecule has 0 saturated heterocycles. The number of hydrogen-bond donors (Lipinski definition) is 0. The number of aromatic nitrogens is 1. The molecule has 0 fully saturated rings. The van der Waals surface area contributed by atoms with Crippen molar-refractivity contribution in [3.63, 3.8) is 0 Å². The number of nitrogens with zero attached hydrogens (tertiary/aromatic N) is 2. The van der Waals surface area contributed by atoms with Crippen LogP contribution in [0.5, 0.6) is 0 Å². The zero-order chi connectivity index (χ0) is 45.5. The third kappa shape index (κ3) is 5.99. The maximum absolute atomic E-state index is 2.47. The molecule has 2 aliphatic carbocycles. The van der Waals surface area contributed by atoms with Gasteiger partial charge in [-0.25, -0.2) is 0 Å². The summed E-state index contributed by atoms with van der Waals surface area (Å²) in [4.78, 5) is 2.42. The van der Waals surface area contributed by atoms with Crippen molar-refractivity contribution in [3.05, 3.63) is 289 Å². The summed E-state index contributed by atoms with van der Waals surface area (Å²) in [6.45, 7) is 0. The molecule has 0 amide bonds. The van der Waals surface area contributed by atoms with Crippen molar-refractivity contribution in [2.45, 2.75) is 5.41 Å². The fourth-order valence-electron chi connectivity index (χ4n) is 11.8. The van der Waals surface area contributed by atoms with E-state index in [4.69, 9.17) is 0 Å². The Morgan fingerprint density at radius 3 is 1.09 bits per heavy atom. The monoisotopic (exact) mass is 876 g/mol. The van der Waals surface area contributed by atoms with E-state index in [2.05, 4.69) is 276 Å². The Kier molecular flexibility index (Phi) is 8.84. The first-order valence-electron chi connectivity index (χ1n) is 23.9. The lowest BCUT2D eigenvalue weighted by atomic mass is 9.70. The predicted octanol–water partition coefficient (Wildman–Crippen LogP) is 17.6. The van der Waals surface area contributed by atoms with Crippen LogP contribution in [-0.2, 0) is 5.41 Å². The standard InChI is InChI=1S/C67H44N2/c1-2-14-45(15-3-1)48-30-36-51(37-31-48)68(54-42-43-58-57-18-6-11-23-63(57)67(64(58)44-54)61-21-9-4-16-55(61)56-17-5-10-22-62(56)67)52-38-32-49(33-39-52)46-26-28-47(29-27-46)50-34-40-53(41-35-50)69-65-24-12-7-19-59(65)60-20-8-13-25-66(60)69/h1-44H. The summed E-state index contributed by atoms with van der Waals surface area (Å²) in [7, 11) is 0. The summed E-state index contributed by atoms with van der Waals surface area (Å²) < 4.78 is 2.37. The Morgan fingerprint density at radius 2 is 0.609 bits per heavy atom. The van der Waals surface area contributed by atoms with Crippen LogP contribution in [0.2, 0.25) is 0 Å². The molecule has 12 aromatic rings. The Balaban J connectivity index is 0.832. The average Bonchev–Trinajstić information content (AvgIpc) is 4.04. The quantitative estimate of drug-likeness (QED) is 0.155. The third-order valence-electron chi connectivity index (χ3n) is 14.9. The van der Waals surface area contributed by atoms with Gasteiger partial charge in [-0.15, -0.1) is 0 Å². The topological polar surface area (TPSA) is 8.17 Å². The lowest BCUT2D eigenvalue weighted by Crippen LogP contribution is -2.26. The van der Waals surface area contributed by atoms with Crippen LogP contribution < -0.4 is 4.90 Å². The second-order valence-electron chi connectivity index (χ2n) is 18.4. The SMILES string of the molecule is c1ccc(-c2ccc(N(c3ccc(-c4ccc(-c5ccc(-n6c7ccccc7c7ccccc76)cc5)cc4)cc3)c3ccc4c(c3)C3(c5ccccc5-c5ccccc53)c3ccccc3-4)cc2)cc1. The van der Waals surface area contributed by atoms with Crippen LogP contribution in [0, 0.1) is 0 Å². The predicted molar refractivity (Wildman–Crippen MR) is 288 cm³/mol. The molecular formula is C67H44N2. The highest BCUT2D eigenvalue weighted by atomic mass is 15.1. The van der Waals surface area contributed by atoms with Crippen LogP contribution >= 0.6 is 0 Å². The molecule has 2 heteroatoms. The second kappa shape index (κ2) is 15.6. The van der Waals surface area contributed by atoms with Crippen molar-refractivity contribution >= 4 is 38.9 Å². The van der Waals surface area contributed by atoms with E-state index >= 15 is 0 Å². The van der Waals surface area contributed by atoms with Crippen LogP contribution in [0.4, 0.5) is 17.1 Å². The first-order chi connectivity index (χ1) is 34.2. The maximum atomic E-state index is 2.47. The summed E-state index contributed by atoms with van der Waals surface area (Å²) in [6.07, 6.45) is 0. The third-order valence-corrected chi connectivity index (χ3v) is 14.9. The summed E-state index contributed by atoms with van der Waals surface area (Å²) in [6, 6.07) is 98.3. The number of para-hydroxylation sites is 2. The van der Waals surface area contributed by atoms with Crippen molar-refractivity contribution in [3.8, 4) is 61.3 Å². The first-order valence-corrected chi connectivity index (χ1v) is 23.9. The number of benzene rings is 11. The average molecular weight is 877 g/mol. The van der Waals surface area contributed by atoms with Gasteiger partial charge in [0.1, 0.15) is 0 Å². The van der Waals surface area contributed by atoms with E-state index in [1.807, 2.05) is 0 Å². The largest absolute Gasteiger partial charge is 0.310 e. The zero-order valence-corrected chi connectivity index (χ0v) is 37.8. The highest BCUT2D eigenvalue weighted by Crippen LogP contribution is 2.63. The van der Waals surface area contributed by atoms with Crippen molar-refractivity contribution in [1.82, 2.24) is 4.57 Å². The van der Waals surface area contributed by atoms with E-state index in [9.17, 15) is 0 Å². The number of anilines is 3. The van der Waals surface area contributed by atoms with E-state index < -0.39 is 5.41 Å². The van der Waals surface area contributed by atoms with Crippen LogP contribution in [0.25, 0.3) is 83.1 Å². The summed E-state index contributed by atoms with van der Waals surface area (Å²) in [5, 5.41) is 2.55. The fourth-order valence-corrected chi connectivity index (χ4v) is 11.8. The molecule has 0 N–H and O–H groups in total. The molecule has 0 aliphatic heterocycles. The molecule has 1 aromatic heterocycles. The van der Waals surface area contributed by atoms with Gasteiger partial charge in [-0.05, 0) is 139 Å². The molecule has 1 heterocycles. The molecule has 1 spiro atoms. The van der Waals surface area contributed by atoms with Gasteiger partial charge in [0.2, 0.25) is 0 Å². The molecule has 2 aliphatic rings. The van der Waals surface area contributed by atoms with Gasteiger partial charge in [0, 0.05) is 33.5 Å². The van der Waals surface area contributed by atoms with Crippen LogP contribution in [0.15, 0.2) is 267 Å². The van der Waals surface area contributed by atoms with Gasteiger partial charge in [-0.2, -0.15) is 0 Å². The molecule has 2 nitrogen and oxygen atoms in total. The Hall–Kier alpha value is -8.98.